The predicted molar refractivity (Wildman–Crippen MR) is 120 cm³/mol. The second-order valence-corrected chi connectivity index (χ2v) is 7.26. The van der Waals surface area contributed by atoms with Crippen LogP contribution < -0.4 is 11.3 Å². The Hall–Kier alpha value is -3.53. The van der Waals surface area contributed by atoms with Gasteiger partial charge in [-0.3, -0.25) is 9.78 Å². The van der Waals surface area contributed by atoms with Crippen molar-refractivity contribution in [2.45, 2.75) is 26.0 Å². The zero-order valence-corrected chi connectivity index (χ0v) is 17.5. The molecule has 0 aliphatic rings. The van der Waals surface area contributed by atoms with Crippen molar-refractivity contribution < 1.29 is 14.2 Å². The van der Waals surface area contributed by atoms with E-state index < -0.39 is 0 Å². The molecule has 0 bridgehead atoms. The van der Waals surface area contributed by atoms with E-state index >= 15 is 0 Å². The number of rotatable bonds is 11. The molecule has 0 saturated heterocycles. The van der Waals surface area contributed by atoms with E-state index in [9.17, 15) is 4.79 Å². The van der Waals surface area contributed by atoms with Gasteiger partial charge in [-0.25, -0.2) is 4.98 Å². The smallest absolute Gasteiger partial charge is 0.278 e. The minimum atomic E-state index is -0.370. The number of aromatic nitrogens is 4. The number of ether oxygens (including phenoxy) is 3. The third kappa shape index (κ3) is 5.79. The van der Waals surface area contributed by atoms with E-state index in [0.29, 0.717) is 31.9 Å². The van der Waals surface area contributed by atoms with Crippen LogP contribution in [0.15, 0.2) is 71.8 Å². The highest BCUT2D eigenvalue weighted by Gasteiger charge is 2.14. The van der Waals surface area contributed by atoms with Crippen LogP contribution in [0.2, 0.25) is 0 Å². The van der Waals surface area contributed by atoms with Crippen molar-refractivity contribution >= 4 is 17.1 Å². The number of benzene rings is 2. The average Bonchev–Trinajstić information content (AvgIpc) is 3.21. The SMILES string of the molecule is Nc1nc2ncn(COC(COCc3ccccc3)COCc3ccccc3)c2c(=O)[nH]1. The van der Waals surface area contributed by atoms with Crippen LogP contribution in [-0.4, -0.2) is 38.8 Å². The highest BCUT2D eigenvalue weighted by Crippen LogP contribution is 2.09. The van der Waals surface area contributed by atoms with E-state index in [1.807, 2.05) is 60.7 Å². The minimum Gasteiger partial charge on any atom is -0.374 e. The van der Waals surface area contributed by atoms with Crippen LogP contribution in [0.4, 0.5) is 5.95 Å². The summed E-state index contributed by atoms with van der Waals surface area (Å²) in [4.78, 5) is 22.9. The summed E-state index contributed by atoms with van der Waals surface area (Å²) in [5, 5.41) is 0. The van der Waals surface area contributed by atoms with Crippen molar-refractivity contribution in [3.63, 3.8) is 0 Å². The molecule has 0 spiro atoms. The number of H-pyrrole nitrogens is 1. The van der Waals surface area contributed by atoms with Gasteiger partial charge in [0.25, 0.3) is 5.56 Å². The quantitative estimate of drug-likeness (QED) is 0.372. The van der Waals surface area contributed by atoms with Crippen LogP contribution >= 0.6 is 0 Å². The zero-order chi connectivity index (χ0) is 22.2. The first kappa shape index (κ1) is 21.7. The van der Waals surface area contributed by atoms with Gasteiger partial charge in [-0.2, -0.15) is 4.98 Å². The summed E-state index contributed by atoms with van der Waals surface area (Å²) >= 11 is 0. The Morgan fingerprint density at radius 2 is 1.53 bits per heavy atom. The second kappa shape index (κ2) is 10.7. The Labute approximate surface area is 184 Å². The molecule has 2 aromatic carbocycles. The molecule has 0 radical (unpaired) electrons. The first-order valence-electron chi connectivity index (χ1n) is 10.2. The van der Waals surface area contributed by atoms with Crippen molar-refractivity contribution in [2.24, 2.45) is 0 Å². The lowest BCUT2D eigenvalue weighted by Crippen LogP contribution is -2.27. The Balaban J connectivity index is 1.38. The summed E-state index contributed by atoms with van der Waals surface area (Å²) in [6, 6.07) is 19.8. The van der Waals surface area contributed by atoms with Crippen LogP contribution in [-0.2, 0) is 34.2 Å². The van der Waals surface area contributed by atoms with Crippen molar-refractivity contribution in [1.82, 2.24) is 19.5 Å². The summed E-state index contributed by atoms with van der Waals surface area (Å²) < 4.78 is 19.3. The van der Waals surface area contributed by atoms with Gasteiger partial charge in [0.05, 0.1) is 32.8 Å². The number of nitrogen functional groups attached to an aromatic ring is 1. The Morgan fingerprint density at radius 3 is 2.12 bits per heavy atom. The highest BCUT2D eigenvalue weighted by atomic mass is 16.6. The first-order chi connectivity index (χ1) is 15.7. The Morgan fingerprint density at radius 1 is 0.938 bits per heavy atom. The van der Waals surface area contributed by atoms with Gasteiger partial charge in [0.2, 0.25) is 5.95 Å². The third-order valence-electron chi connectivity index (χ3n) is 4.78. The van der Waals surface area contributed by atoms with Gasteiger partial charge in [-0.05, 0) is 11.1 Å². The maximum absolute atomic E-state index is 12.2. The molecular weight excluding hydrogens is 410 g/mol. The molecule has 3 N–H and O–H groups in total. The molecule has 9 nitrogen and oxygen atoms in total. The summed E-state index contributed by atoms with van der Waals surface area (Å²) in [6.07, 6.45) is 1.15. The summed E-state index contributed by atoms with van der Waals surface area (Å²) in [7, 11) is 0. The standard InChI is InChI=1S/C23H25N5O4/c24-23-26-21-20(22(29)27-23)28(15-25-21)16-32-19(13-30-11-17-7-3-1-4-8-17)14-31-12-18-9-5-2-6-10-18/h1-10,15,19H,11-14,16H2,(H3,24,26,27,29). The number of hydrogen-bond donors (Lipinski definition) is 2. The molecule has 2 aromatic heterocycles. The molecule has 32 heavy (non-hydrogen) atoms. The Bertz CT molecular complexity index is 1130. The van der Waals surface area contributed by atoms with Crippen molar-refractivity contribution in [3.05, 3.63) is 88.5 Å². The minimum absolute atomic E-state index is 0.0233. The van der Waals surface area contributed by atoms with E-state index in [-0.39, 0.29) is 30.0 Å². The average molecular weight is 435 g/mol. The lowest BCUT2D eigenvalue weighted by atomic mass is 10.2. The van der Waals surface area contributed by atoms with Crippen molar-refractivity contribution in [1.29, 1.82) is 0 Å². The van der Waals surface area contributed by atoms with Crippen LogP contribution in [0.1, 0.15) is 11.1 Å². The maximum atomic E-state index is 12.2. The van der Waals surface area contributed by atoms with E-state index in [1.54, 1.807) is 4.57 Å². The number of nitrogens with zero attached hydrogens (tertiary/aromatic N) is 3. The van der Waals surface area contributed by atoms with E-state index in [1.165, 1.54) is 6.33 Å². The number of nitrogens with one attached hydrogen (secondary N) is 1. The fourth-order valence-corrected chi connectivity index (χ4v) is 3.20. The van der Waals surface area contributed by atoms with Gasteiger partial charge in [-0.15, -0.1) is 0 Å². The summed E-state index contributed by atoms with van der Waals surface area (Å²) in [6.45, 7) is 1.70. The number of hydrogen-bond acceptors (Lipinski definition) is 7. The third-order valence-corrected chi connectivity index (χ3v) is 4.78. The van der Waals surface area contributed by atoms with E-state index in [4.69, 9.17) is 19.9 Å². The monoisotopic (exact) mass is 435 g/mol. The number of imidazole rings is 1. The molecule has 2 heterocycles. The molecule has 4 aromatic rings. The molecule has 0 fully saturated rings. The van der Waals surface area contributed by atoms with Gasteiger partial charge >= 0.3 is 0 Å². The topological polar surface area (TPSA) is 117 Å². The fraction of sp³-hybridized carbons (Fsp3) is 0.261. The number of nitrogens with two attached hydrogens (primary N) is 1. The number of aromatic amines is 1. The zero-order valence-electron chi connectivity index (χ0n) is 17.5. The largest absolute Gasteiger partial charge is 0.374 e. The number of fused-ring (bicyclic) bond motifs is 1. The summed E-state index contributed by atoms with van der Waals surface area (Å²) in [5.74, 6) is 0.0233. The van der Waals surface area contributed by atoms with Crippen molar-refractivity contribution in [2.75, 3.05) is 18.9 Å². The van der Waals surface area contributed by atoms with Gasteiger partial charge in [0.1, 0.15) is 12.8 Å². The summed E-state index contributed by atoms with van der Waals surface area (Å²) in [5.41, 5.74) is 7.93. The lowest BCUT2D eigenvalue weighted by Gasteiger charge is -2.19. The molecular formula is C23H25N5O4. The normalized spacial score (nSPS) is 11.4. The molecule has 0 unspecified atom stereocenters. The second-order valence-electron chi connectivity index (χ2n) is 7.26. The van der Waals surface area contributed by atoms with E-state index in [2.05, 4.69) is 15.0 Å². The van der Waals surface area contributed by atoms with Gasteiger partial charge in [-0.1, -0.05) is 60.7 Å². The van der Waals surface area contributed by atoms with Crippen LogP contribution in [0.5, 0.6) is 0 Å². The van der Waals surface area contributed by atoms with Gasteiger partial charge in [0.15, 0.2) is 11.2 Å². The molecule has 9 heteroatoms. The molecule has 4 rings (SSSR count). The van der Waals surface area contributed by atoms with Crippen LogP contribution in [0, 0.1) is 0 Å². The first-order valence-corrected chi connectivity index (χ1v) is 10.2. The molecule has 0 saturated carbocycles. The molecule has 0 aliphatic carbocycles. The van der Waals surface area contributed by atoms with Gasteiger partial charge < -0.3 is 24.5 Å². The van der Waals surface area contributed by atoms with Crippen molar-refractivity contribution in [3.8, 4) is 0 Å². The molecule has 166 valence electrons. The van der Waals surface area contributed by atoms with Crippen LogP contribution in [0.3, 0.4) is 0 Å². The highest BCUT2D eigenvalue weighted by molar-refractivity contribution is 5.70. The molecule has 0 atom stereocenters. The van der Waals surface area contributed by atoms with E-state index in [0.717, 1.165) is 11.1 Å². The van der Waals surface area contributed by atoms with Gasteiger partial charge in [0, 0.05) is 0 Å². The maximum Gasteiger partial charge on any atom is 0.278 e. The number of anilines is 1. The molecule has 0 amide bonds. The van der Waals surface area contributed by atoms with Crippen LogP contribution in [0.25, 0.3) is 11.2 Å². The predicted octanol–water partition coefficient (Wildman–Crippen LogP) is 2.48. The Kier molecular flexibility index (Phi) is 7.23. The molecule has 0 aliphatic heterocycles. The lowest BCUT2D eigenvalue weighted by molar-refractivity contribution is -0.0866. The fourth-order valence-electron chi connectivity index (χ4n) is 3.20.